The number of rotatable bonds is 5. The predicted octanol–water partition coefficient (Wildman–Crippen LogP) is 1.86. The van der Waals surface area contributed by atoms with Gasteiger partial charge in [0.1, 0.15) is 0 Å². The van der Waals surface area contributed by atoms with Gasteiger partial charge >= 0.3 is 5.97 Å². The van der Waals surface area contributed by atoms with Crippen LogP contribution in [0.25, 0.3) is 0 Å². The van der Waals surface area contributed by atoms with Gasteiger partial charge < -0.3 is 15.2 Å². The summed E-state index contributed by atoms with van der Waals surface area (Å²) in [4.78, 5) is 22.8. The minimum absolute atomic E-state index is 0.0725. The van der Waals surface area contributed by atoms with Gasteiger partial charge in [0.15, 0.2) is 0 Å². The van der Waals surface area contributed by atoms with Gasteiger partial charge in [-0.3, -0.25) is 4.79 Å². The molecule has 0 spiro atoms. The minimum atomic E-state index is -0.978. The van der Waals surface area contributed by atoms with Crippen LogP contribution in [0.2, 0.25) is 0 Å². The second-order valence-corrected chi connectivity index (χ2v) is 5.56. The number of hydrogen-bond acceptors (Lipinski definition) is 3. The molecule has 5 nitrogen and oxygen atoms in total. The number of carboxylic acids is 1. The Labute approximate surface area is 124 Å². The van der Waals surface area contributed by atoms with E-state index in [1.807, 2.05) is 6.92 Å². The maximum absolute atomic E-state index is 11.9. The van der Waals surface area contributed by atoms with E-state index in [4.69, 9.17) is 9.84 Å². The molecule has 2 N–H and O–H groups in total. The molecule has 1 aliphatic heterocycles. The SMILES string of the molecule is CC1CC(CNC(=O)Cc2cccc(C(=O)O)c2)CCO1. The van der Waals surface area contributed by atoms with Gasteiger partial charge in [0.05, 0.1) is 18.1 Å². The fraction of sp³-hybridized carbons (Fsp3) is 0.500. The highest BCUT2D eigenvalue weighted by Crippen LogP contribution is 2.18. The summed E-state index contributed by atoms with van der Waals surface area (Å²) in [5.74, 6) is -0.590. The molecule has 114 valence electrons. The Morgan fingerprint density at radius 3 is 2.95 bits per heavy atom. The lowest BCUT2D eigenvalue weighted by Gasteiger charge is -2.27. The molecule has 1 aromatic rings. The summed E-state index contributed by atoms with van der Waals surface area (Å²) in [5, 5.41) is 11.9. The van der Waals surface area contributed by atoms with Crippen molar-refractivity contribution < 1.29 is 19.4 Å². The quantitative estimate of drug-likeness (QED) is 0.868. The van der Waals surface area contributed by atoms with Crippen molar-refractivity contribution in [3.05, 3.63) is 35.4 Å². The summed E-state index contributed by atoms with van der Waals surface area (Å²) in [6.45, 7) is 3.46. The topological polar surface area (TPSA) is 75.6 Å². The third-order valence-electron chi connectivity index (χ3n) is 3.72. The number of carboxylic acid groups (broad SMARTS) is 1. The third-order valence-corrected chi connectivity index (χ3v) is 3.72. The number of carbonyl (C=O) groups is 2. The Bertz CT molecular complexity index is 515. The molecule has 0 aromatic heterocycles. The van der Waals surface area contributed by atoms with E-state index < -0.39 is 5.97 Å². The molecule has 0 bridgehead atoms. The molecular weight excluding hydrogens is 270 g/mol. The number of carbonyl (C=O) groups excluding carboxylic acids is 1. The maximum Gasteiger partial charge on any atom is 0.335 e. The normalized spacial score (nSPS) is 21.8. The monoisotopic (exact) mass is 291 g/mol. The first-order chi connectivity index (χ1) is 10.0. The summed E-state index contributed by atoms with van der Waals surface area (Å²) in [6.07, 6.45) is 2.40. The van der Waals surface area contributed by atoms with Gasteiger partial charge in [0, 0.05) is 13.2 Å². The highest BCUT2D eigenvalue weighted by molar-refractivity contribution is 5.88. The second kappa shape index (κ2) is 7.22. The zero-order valence-electron chi connectivity index (χ0n) is 12.2. The number of benzene rings is 1. The Hall–Kier alpha value is -1.88. The molecule has 1 aromatic carbocycles. The van der Waals surface area contributed by atoms with E-state index in [0.29, 0.717) is 18.0 Å². The van der Waals surface area contributed by atoms with Crippen molar-refractivity contribution in [2.24, 2.45) is 5.92 Å². The fourth-order valence-corrected chi connectivity index (χ4v) is 2.60. The largest absolute Gasteiger partial charge is 0.478 e. The first-order valence-corrected chi connectivity index (χ1v) is 7.25. The molecule has 21 heavy (non-hydrogen) atoms. The van der Waals surface area contributed by atoms with Crippen LogP contribution in [-0.4, -0.2) is 36.2 Å². The van der Waals surface area contributed by atoms with E-state index in [1.54, 1.807) is 18.2 Å². The predicted molar refractivity (Wildman–Crippen MR) is 78.3 cm³/mol. The van der Waals surface area contributed by atoms with Gasteiger partial charge in [-0.15, -0.1) is 0 Å². The molecule has 1 heterocycles. The second-order valence-electron chi connectivity index (χ2n) is 5.56. The Balaban J connectivity index is 1.81. The van der Waals surface area contributed by atoms with Gasteiger partial charge in [-0.25, -0.2) is 4.79 Å². The molecule has 0 aliphatic carbocycles. The minimum Gasteiger partial charge on any atom is -0.478 e. The Morgan fingerprint density at radius 2 is 2.24 bits per heavy atom. The lowest BCUT2D eigenvalue weighted by molar-refractivity contribution is -0.120. The zero-order valence-corrected chi connectivity index (χ0v) is 12.2. The van der Waals surface area contributed by atoms with Crippen LogP contribution in [0.3, 0.4) is 0 Å². The van der Waals surface area contributed by atoms with Crippen LogP contribution in [0.15, 0.2) is 24.3 Å². The van der Waals surface area contributed by atoms with Crippen LogP contribution in [0.5, 0.6) is 0 Å². The van der Waals surface area contributed by atoms with Gasteiger partial charge in [-0.2, -0.15) is 0 Å². The molecule has 1 aliphatic rings. The third kappa shape index (κ3) is 4.86. The highest BCUT2D eigenvalue weighted by Gasteiger charge is 2.19. The number of amides is 1. The molecule has 0 radical (unpaired) electrons. The fourth-order valence-electron chi connectivity index (χ4n) is 2.60. The molecule has 1 saturated heterocycles. The van der Waals surface area contributed by atoms with Crippen LogP contribution in [-0.2, 0) is 16.0 Å². The van der Waals surface area contributed by atoms with E-state index in [9.17, 15) is 9.59 Å². The van der Waals surface area contributed by atoms with Crippen LogP contribution in [0.4, 0.5) is 0 Å². The molecule has 0 saturated carbocycles. The molecule has 1 fully saturated rings. The Morgan fingerprint density at radius 1 is 1.43 bits per heavy atom. The molecule has 5 heteroatoms. The number of aromatic carboxylic acids is 1. The molecule has 2 atom stereocenters. The summed E-state index contributed by atoms with van der Waals surface area (Å²) < 4.78 is 5.48. The number of hydrogen-bond donors (Lipinski definition) is 2. The maximum atomic E-state index is 11.9. The summed E-state index contributed by atoms with van der Waals surface area (Å²) in [7, 11) is 0. The van der Waals surface area contributed by atoms with Crippen LogP contribution >= 0.6 is 0 Å². The number of ether oxygens (including phenoxy) is 1. The van der Waals surface area contributed by atoms with E-state index in [1.165, 1.54) is 6.07 Å². The van der Waals surface area contributed by atoms with Gasteiger partial charge in [0.25, 0.3) is 0 Å². The summed E-state index contributed by atoms with van der Waals surface area (Å²) in [5.41, 5.74) is 0.922. The van der Waals surface area contributed by atoms with Crippen molar-refractivity contribution in [1.29, 1.82) is 0 Å². The van der Waals surface area contributed by atoms with Crippen LogP contribution < -0.4 is 5.32 Å². The zero-order chi connectivity index (χ0) is 15.2. The molecule has 1 amide bonds. The van der Waals surface area contributed by atoms with Crippen molar-refractivity contribution in [3.8, 4) is 0 Å². The van der Waals surface area contributed by atoms with Crippen molar-refractivity contribution in [2.45, 2.75) is 32.3 Å². The first kappa shape index (κ1) is 15.5. The molecular formula is C16H21NO4. The lowest BCUT2D eigenvalue weighted by Crippen LogP contribution is -2.35. The number of nitrogens with one attached hydrogen (secondary N) is 1. The van der Waals surface area contributed by atoms with Gasteiger partial charge in [0.2, 0.25) is 5.91 Å². The van der Waals surface area contributed by atoms with Crippen molar-refractivity contribution in [2.75, 3.05) is 13.2 Å². The molecule has 2 rings (SSSR count). The van der Waals surface area contributed by atoms with Crippen molar-refractivity contribution >= 4 is 11.9 Å². The van der Waals surface area contributed by atoms with E-state index in [2.05, 4.69) is 5.32 Å². The summed E-state index contributed by atoms with van der Waals surface area (Å²) in [6, 6.07) is 6.49. The Kier molecular flexibility index (Phi) is 5.33. The molecule has 2 unspecified atom stereocenters. The highest BCUT2D eigenvalue weighted by atomic mass is 16.5. The van der Waals surface area contributed by atoms with E-state index >= 15 is 0 Å². The van der Waals surface area contributed by atoms with Gasteiger partial charge in [-0.05, 0) is 43.4 Å². The van der Waals surface area contributed by atoms with E-state index in [0.717, 1.165) is 19.4 Å². The van der Waals surface area contributed by atoms with E-state index in [-0.39, 0.29) is 24.0 Å². The average Bonchev–Trinajstić information content (AvgIpc) is 2.45. The van der Waals surface area contributed by atoms with Crippen LogP contribution in [0, 0.1) is 5.92 Å². The lowest BCUT2D eigenvalue weighted by atomic mass is 9.96. The smallest absolute Gasteiger partial charge is 0.335 e. The summed E-state index contributed by atoms with van der Waals surface area (Å²) >= 11 is 0. The van der Waals surface area contributed by atoms with Crippen molar-refractivity contribution in [1.82, 2.24) is 5.32 Å². The van der Waals surface area contributed by atoms with Crippen LogP contribution in [0.1, 0.15) is 35.7 Å². The average molecular weight is 291 g/mol. The standard InChI is InChI=1S/C16H21NO4/c1-11-7-13(5-6-21-11)10-17-15(18)9-12-3-2-4-14(8-12)16(19)20/h2-4,8,11,13H,5-7,9-10H2,1H3,(H,17,18)(H,19,20). The first-order valence-electron chi connectivity index (χ1n) is 7.25. The van der Waals surface area contributed by atoms with Gasteiger partial charge in [-0.1, -0.05) is 12.1 Å². The van der Waals surface area contributed by atoms with Crippen molar-refractivity contribution in [3.63, 3.8) is 0 Å².